The number of nitrogens with zero attached hydrogens (tertiary/aromatic N) is 3. The van der Waals surface area contributed by atoms with E-state index in [0.717, 1.165) is 0 Å². The number of nitriles is 1. The number of aryl methyl sites for hydroxylation is 1. The van der Waals surface area contributed by atoms with Crippen molar-refractivity contribution in [3.05, 3.63) is 75.8 Å². The van der Waals surface area contributed by atoms with E-state index in [1.165, 1.54) is 7.11 Å². The maximum atomic E-state index is 11.1. The molecule has 4 N–H and O–H groups in total. The Morgan fingerprint density at radius 1 is 1.30 bits per heavy atom. The molecule has 1 amide bonds. The summed E-state index contributed by atoms with van der Waals surface area (Å²) in [5.41, 5.74) is 14.3. The lowest BCUT2D eigenvalue weighted by Crippen LogP contribution is -2.22. The molecule has 1 unspecified atom stereocenters. The van der Waals surface area contributed by atoms with Gasteiger partial charge in [0.05, 0.1) is 30.0 Å². The summed E-state index contributed by atoms with van der Waals surface area (Å²) in [6.45, 7) is 1.53. The second-order valence-corrected chi connectivity index (χ2v) is 7.72. The number of ether oxygens (including phenoxy) is 3. The Hall–Kier alpha value is -4.16. The van der Waals surface area contributed by atoms with Crippen LogP contribution >= 0.6 is 11.6 Å². The molecule has 2 aromatic carbocycles. The lowest BCUT2D eigenvalue weighted by Gasteiger charge is -2.25. The highest BCUT2D eigenvalue weighted by Crippen LogP contribution is 2.46. The molecule has 3 aromatic rings. The normalized spacial score (nSPS) is 14.8. The zero-order chi connectivity index (χ0) is 23.7. The third-order valence-corrected chi connectivity index (χ3v) is 5.41. The number of primary amides is 1. The largest absolute Gasteiger partial charge is 0.493 e. The Bertz CT molecular complexity index is 1320. The molecular formula is C23H20ClN5O4. The van der Waals surface area contributed by atoms with E-state index in [0.29, 0.717) is 44.9 Å². The first-order valence-electron chi connectivity index (χ1n) is 9.86. The minimum Gasteiger partial charge on any atom is -0.493 e. The fraction of sp³-hybridized carbons (Fsp3) is 0.174. The van der Waals surface area contributed by atoms with E-state index in [1.54, 1.807) is 41.1 Å². The molecule has 10 heteroatoms. The predicted molar refractivity (Wildman–Crippen MR) is 120 cm³/mol. The van der Waals surface area contributed by atoms with Gasteiger partial charge in [-0.2, -0.15) is 10.4 Å². The predicted octanol–water partition coefficient (Wildman–Crippen LogP) is 2.93. The van der Waals surface area contributed by atoms with E-state index in [1.807, 2.05) is 13.0 Å². The van der Waals surface area contributed by atoms with E-state index < -0.39 is 11.8 Å². The second-order valence-electron chi connectivity index (χ2n) is 7.29. The van der Waals surface area contributed by atoms with Crippen LogP contribution in [0.3, 0.4) is 0 Å². The Kier molecular flexibility index (Phi) is 5.85. The smallest absolute Gasteiger partial charge is 0.255 e. The molecule has 0 spiro atoms. The van der Waals surface area contributed by atoms with Gasteiger partial charge in [-0.25, -0.2) is 4.68 Å². The highest BCUT2D eigenvalue weighted by atomic mass is 35.5. The summed E-state index contributed by atoms with van der Waals surface area (Å²) in [4.78, 5) is 11.1. The van der Waals surface area contributed by atoms with E-state index in [-0.39, 0.29) is 18.1 Å². The zero-order valence-electron chi connectivity index (χ0n) is 17.8. The number of rotatable bonds is 6. The van der Waals surface area contributed by atoms with Crippen LogP contribution in [0.4, 0.5) is 0 Å². The molecule has 2 heterocycles. The number of fused-ring (bicyclic) bond motifs is 1. The van der Waals surface area contributed by atoms with Crippen molar-refractivity contribution in [2.45, 2.75) is 12.8 Å². The maximum Gasteiger partial charge on any atom is 0.255 e. The van der Waals surface area contributed by atoms with Crippen LogP contribution in [0.25, 0.3) is 5.69 Å². The van der Waals surface area contributed by atoms with E-state index >= 15 is 0 Å². The van der Waals surface area contributed by atoms with Gasteiger partial charge in [0.15, 0.2) is 18.1 Å². The molecule has 0 radical (unpaired) electrons. The summed E-state index contributed by atoms with van der Waals surface area (Å²) in [5, 5.41) is 15.0. The summed E-state index contributed by atoms with van der Waals surface area (Å²) < 4.78 is 18.3. The van der Waals surface area contributed by atoms with Gasteiger partial charge in [0.1, 0.15) is 11.6 Å². The number of methoxy groups -OCH3 is 1. The summed E-state index contributed by atoms with van der Waals surface area (Å²) in [6, 6.07) is 14.4. The molecule has 1 atom stereocenters. The first-order valence-corrected chi connectivity index (χ1v) is 10.2. The average Bonchev–Trinajstić information content (AvgIpc) is 3.12. The van der Waals surface area contributed by atoms with Crippen molar-refractivity contribution in [3.63, 3.8) is 0 Å². The number of hydrogen-bond donors (Lipinski definition) is 2. The summed E-state index contributed by atoms with van der Waals surface area (Å²) in [5.74, 6) is -0.0883. The number of hydrogen-bond acceptors (Lipinski definition) is 7. The van der Waals surface area contributed by atoms with Crippen molar-refractivity contribution in [2.24, 2.45) is 11.5 Å². The van der Waals surface area contributed by atoms with Crippen molar-refractivity contribution in [1.29, 1.82) is 5.26 Å². The molecule has 1 aliphatic heterocycles. The van der Waals surface area contributed by atoms with Crippen molar-refractivity contribution >= 4 is 17.5 Å². The van der Waals surface area contributed by atoms with Crippen molar-refractivity contribution in [2.75, 3.05) is 13.7 Å². The number of allylic oxidation sites excluding steroid dienone is 1. The molecule has 0 fully saturated rings. The first-order chi connectivity index (χ1) is 15.8. The van der Waals surface area contributed by atoms with Gasteiger partial charge in [-0.15, -0.1) is 0 Å². The van der Waals surface area contributed by atoms with Crippen molar-refractivity contribution < 1.29 is 19.0 Å². The second kappa shape index (κ2) is 8.76. The van der Waals surface area contributed by atoms with Gasteiger partial charge < -0.3 is 25.7 Å². The molecule has 0 aliphatic carbocycles. The van der Waals surface area contributed by atoms with Gasteiger partial charge in [-0.3, -0.25) is 4.79 Å². The molecule has 1 aliphatic rings. The van der Waals surface area contributed by atoms with Crippen LogP contribution in [0, 0.1) is 18.3 Å². The molecule has 0 bridgehead atoms. The number of amides is 1. The Morgan fingerprint density at radius 2 is 2.09 bits per heavy atom. The molecule has 4 rings (SSSR count). The van der Waals surface area contributed by atoms with Crippen LogP contribution in [0.15, 0.2) is 53.9 Å². The zero-order valence-corrected chi connectivity index (χ0v) is 18.6. The third kappa shape index (κ3) is 4.04. The van der Waals surface area contributed by atoms with E-state index in [2.05, 4.69) is 11.2 Å². The number of halogens is 1. The molecule has 0 saturated carbocycles. The van der Waals surface area contributed by atoms with E-state index in [9.17, 15) is 10.1 Å². The quantitative estimate of drug-likeness (QED) is 0.570. The number of carbonyl (C=O) groups is 1. The molecule has 9 nitrogen and oxygen atoms in total. The maximum absolute atomic E-state index is 11.1. The van der Waals surface area contributed by atoms with Gasteiger partial charge in [0.2, 0.25) is 11.8 Å². The minimum absolute atomic E-state index is 0.0220. The van der Waals surface area contributed by atoms with Crippen LogP contribution in [0.2, 0.25) is 5.02 Å². The monoisotopic (exact) mass is 465 g/mol. The van der Waals surface area contributed by atoms with Crippen LogP contribution in [-0.4, -0.2) is 29.4 Å². The van der Waals surface area contributed by atoms with Crippen LogP contribution in [0.1, 0.15) is 22.7 Å². The lowest BCUT2D eigenvalue weighted by atomic mass is 9.84. The third-order valence-electron chi connectivity index (χ3n) is 5.18. The standard InChI is InChI=1S/C23H20ClN5O4/c1-12-20-21(13-6-7-17(18(8-13)31-2)32-11-19(26)30)16(10-25)22(27)33-23(20)29(28-12)15-5-3-4-14(24)9-15/h3-9,21H,11,27H2,1-2H3,(H2,26,30). The highest BCUT2D eigenvalue weighted by molar-refractivity contribution is 6.30. The fourth-order valence-corrected chi connectivity index (χ4v) is 3.95. The van der Waals surface area contributed by atoms with Gasteiger partial charge in [0, 0.05) is 5.02 Å². The van der Waals surface area contributed by atoms with Crippen LogP contribution in [-0.2, 0) is 4.79 Å². The number of nitrogens with two attached hydrogens (primary N) is 2. The minimum atomic E-state index is -0.610. The van der Waals surface area contributed by atoms with Crippen LogP contribution in [0.5, 0.6) is 17.4 Å². The lowest BCUT2D eigenvalue weighted by molar-refractivity contribution is -0.119. The Balaban J connectivity index is 1.86. The Labute approximate surface area is 194 Å². The summed E-state index contributed by atoms with van der Waals surface area (Å²) >= 11 is 6.16. The first kappa shape index (κ1) is 22.0. The topological polar surface area (TPSA) is 138 Å². The van der Waals surface area contributed by atoms with Gasteiger partial charge >= 0.3 is 0 Å². The van der Waals surface area contributed by atoms with Gasteiger partial charge in [0.25, 0.3) is 5.91 Å². The van der Waals surface area contributed by atoms with Gasteiger partial charge in [-0.1, -0.05) is 23.7 Å². The molecule has 1 aromatic heterocycles. The SMILES string of the molecule is COc1cc(C2C(C#N)=C(N)Oc3c2c(C)nn3-c2cccc(Cl)c2)ccc1OCC(N)=O. The number of benzene rings is 2. The van der Waals surface area contributed by atoms with Crippen molar-refractivity contribution in [3.8, 4) is 29.1 Å². The molecular weight excluding hydrogens is 446 g/mol. The van der Waals surface area contributed by atoms with Crippen LogP contribution < -0.4 is 25.7 Å². The molecule has 33 heavy (non-hydrogen) atoms. The fourth-order valence-electron chi connectivity index (χ4n) is 3.76. The summed E-state index contributed by atoms with van der Waals surface area (Å²) in [6.07, 6.45) is 0. The summed E-state index contributed by atoms with van der Waals surface area (Å²) in [7, 11) is 1.48. The highest BCUT2D eigenvalue weighted by Gasteiger charge is 2.36. The molecule has 168 valence electrons. The van der Waals surface area contributed by atoms with E-state index in [4.69, 9.17) is 37.3 Å². The van der Waals surface area contributed by atoms with Gasteiger partial charge in [-0.05, 0) is 42.8 Å². The molecule has 0 saturated heterocycles. The average molecular weight is 466 g/mol. The van der Waals surface area contributed by atoms with Crippen molar-refractivity contribution in [1.82, 2.24) is 9.78 Å². The number of aromatic nitrogens is 2. The number of carbonyl (C=O) groups excluding carboxylic acids is 1. The Morgan fingerprint density at radius 3 is 2.76 bits per heavy atom.